The van der Waals surface area contributed by atoms with Crippen molar-refractivity contribution in [1.82, 2.24) is 19.9 Å². The molecule has 0 spiro atoms. The first kappa shape index (κ1) is 17.7. The number of fused-ring (bicyclic) bond motifs is 1. The number of aromatic nitrogens is 4. The van der Waals surface area contributed by atoms with E-state index in [1.165, 1.54) is 0 Å². The van der Waals surface area contributed by atoms with Gasteiger partial charge in [-0.05, 0) is 24.6 Å². The lowest BCUT2D eigenvalue weighted by atomic mass is 10.2. The average molecular weight is 385 g/mol. The maximum absolute atomic E-state index is 11.6. The monoisotopic (exact) mass is 385 g/mol. The number of hydrogen-bond acceptors (Lipinski definition) is 6. The molecule has 0 aromatic carbocycles. The normalized spacial score (nSPS) is 18.0. The second-order valence-electron chi connectivity index (χ2n) is 6.58. The molecule has 1 fully saturated rings. The van der Waals surface area contributed by atoms with Crippen LogP contribution in [0.5, 0.6) is 0 Å². The van der Waals surface area contributed by atoms with Crippen LogP contribution in [0.3, 0.4) is 0 Å². The standard InChI is InChI=1S/C18H23N7OS/c1-3-27(26)23-13-4-5-16(20-10-13)24(2)14-7-9-25(11-14)18-15-6-8-19-17(15)21-12-22-18/h4-6,8,10,12,14,23H,3,7,9,11H2,1-2H3,(H,19,21,22). The highest BCUT2D eigenvalue weighted by Crippen LogP contribution is 2.28. The third kappa shape index (κ3) is 3.59. The number of pyridine rings is 1. The summed E-state index contributed by atoms with van der Waals surface area (Å²) in [7, 11) is 1.01. The Balaban J connectivity index is 1.45. The van der Waals surface area contributed by atoms with Crippen molar-refractivity contribution in [3.63, 3.8) is 0 Å². The molecule has 142 valence electrons. The number of nitrogens with zero attached hydrogens (tertiary/aromatic N) is 5. The molecule has 0 saturated carbocycles. The van der Waals surface area contributed by atoms with E-state index in [-0.39, 0.29) is 0 Å². The van der Waals surface area contributed by atoms with Gasteiger partial charge in [0.05, 0.1) is 17.3 Å². The molecule has 0 aliphatic carbocycles. The van der Waals surface area contributed by atoms with Gasteiger partial charge in [0.15, 0.2) is 0 Å². The van der Waals surface area contributed by atoms with Gasteiger partial charge in [-0.3, -0.25) is 0 Å². The van der Waals surface area contributed by atoms with Gasteiger partial charge in [-0.15, -0.1) is 0 Å². The summed E-state index contributed by atoms with van der Waals surface area (Å²) >= 11 is 0. The Kier molecular flexibility index (Phi) is 4.93. The maximum Gasteiger partial charge on any atom is 0.142 e. The zero-order valence-electron chi connectivity index (χ0n) is 15.4. The number of rotatable bonds is 6. The highest BCUT2D eigenvalue weighted by atomic mass is 32.2. The smallest absolute Gasteiger partial charge is 0.142 e. The van der Waals surface area contributed by atoms with E-state index in [9.17, 15) is 4.21 Å². The predicted octanol–water partition coefficient (Wildman–Crippen LogP) is 2.16. The van der Waals surface area contributed by atoms with Crippen molar-refractivity contribution in [2.24, 2.45) is 0 Å². The van der Waals surface area contributed by atoms with E-state index >= 15 is 0 Å². The van der Waals surface area contributed by atoms with Crippen molar-refractivity contribution < 1.29 is 4.21 Å². The minimum Gasteiger partial charge on any atom is -0.355 e. The minimum absolute atomic E-state index is 0.352. The lowest BCUT2D eigenvalue weighted by Crippen LogP contribution is -2.35. The molecule has 4 rings (SSSR count). The van der Waals surface area contributed by atoms with Crippen molar-refractivity contribution in [1.29, 1.82) is 0 Å². The van der Waals surface area contributed by atoms with Gasteiger partial charge in [-0.2, -0.15) is 0 Å². The Labute approximate surface area is 160 Å². The highest BCUT2D eigenvalue weighted by molar-refractivity contribution is 7.86. The number of nitrogens with one attached hydrogen (secondary N) is 2. The number of hydrogen-bond donors (Lipinski definition) is 2. The lowest BCUT2D eigenvalue weighted by Gasteiger charge is -2.26. The van der Waals surface area contributed by atoms with E-state index in [0.717, 1.165) is 47.9 Å². The molecular weight excluding hydrogens is 362 g/mol. The fourth-order valence-corrected chi connectivity index (χ4v) is 3.93. The Morgan fingerprint density at radius 2 is 2.22 bits per heavy atom. The first-order valence-electron chi connectivity index (χ1n) is 9.02. The molecule has 27 heavy (non-hydrogen) atoms. The molecule has 1 aliphatic heterocycles. The number of likely N-dealkylation sites (N-methyl/N-ethyl adjacent to an activating group) is 1. The Morgan fingerprint density at radius 1 is 1.33 bits per heavy atom. The molecule has 2 unspecified atom stereocenters. The molecule has 0 bridgehead atoms. The third-order valence-corrected chi connectivity index (χ3v) is 5.93. The van der Waals surface area contributed by atoms with E-state index in [2.05, 4.69) is 41.5 Å². The molecule has 9 heteroatoms. The summed E-state index contributed by atoms with van der Waals surface area (Å²) in [6.45, 7) is 3.71. The lowest BCUT2D eigenvalue weighted by molar-refractivity contribution is 0.684. The summed E-state index contributed by atoms with van der Waals surface area (Å²) in [6, 6.07) is 6.26. The fourth-order valence-electron chi connectivity index (χ4n) is 3.41. The van der Waals surface area contributed by atoms with Crippen LogP contribution in [0.15, 0.2) is 36.9 Å². The Bertz CT molecular complexity index is 942. The first-order valence-corrected chi connectivity index (χ1v) is 10.3. The molecule has 1 aliphatic rings. The fraction of sp³-hybridized carbons (Fsp3) is 0.389. The largest absolute Gasteiger partial charge is 0.355 e. The van der Waals surface area contributed by atoms with Crippen LogP contribution in [0.1, 0.15) is 13.3 Å². The molecule has 3 aromatic heterocycles. The van der Waals surface area contributed by atoms with Gasteiger partial charge in [0.25, 0.3) is 0 Å². The summed E-state index contributed by atoms with van der Waals surface area (Å²) in [5.41, 5.74) is 1.64. The summed E-state index contributed by atoms with van der Waals surface area (Å²) in [6.07, 6.45) is 6.28. The second kappa shape index (κ2) is 7.51. The molecule has 1 saturated heterocycles. The summed E-state index contributed by atoms with van der Waals surface area (Å²) < 4.78 is 14.5. The molecule has 3 aromatic rings. The number of aromatic amines is 1. The summed E-state index contributed by atoms with van der Waals surface area (Å²) in [4.78, 5) is 20.9. The van der Waals surface area contributed by atoms with Crippen LogP contribution in [0.25, 0.3) is 11.0 Å². The van der Waals surface area contributed by atoms with E-state index in [1.807, 2.05) is 31.3 Å². The van der Waals surface area contributed by atoms with E-state index in [1.54, 1.807) is 12.5 Å². The highest BCUT2D eigenvalue weighted by Gasteiger charge is 2.28. The summed E-state index contributed by atoms with van der Waals surface area (Å²) in [5, 5.41) is 1.05. The van der Waals surface area contributed by atoms with E-state index in [4.69, 9.17) is 0 Å². The van der Waals surface area contributed by atoms with Gasteiger partial charge in [-0.1, -0.05) is 6.92 Å². The van der Waals surface area contributed by atoms with Crippen molar-refractivity contribution >= 4 is 39.3 Å². The van der Waals surface area contributed by atoms with E-state index < -0.39 is 11.0 Å². The van der Waals surface area contributed by atoms with Crippen LogP contribution in [-0.2, 0) is 11.0 Å². The van der Waals surface area contributed by atoms with Crippen LogP contribution in [0.4, 0.5) is 17.3 Å². The van der Waals surface area contributed by atoms with Gasteiger partial charge in [0.2, 0.25) is 0 Å². The zero-order chi connectivity index (χ0) is 18.8. The first-order chi connectivity index (χ1) is 13.2. The molecule has 0 amide bonds. The van der Waals surface area contributed by atoms with Crippen LogP contribution < -0.4 is 14.5 Å². The van der Waals surface area contributed by atoms with Crippen LogP contribution in [0, 0.1) is 0 Å². The molecule has 4 heterocycles. The Hall–Kier alpha value is -2.68. The van der Waals surface area contributed by atoms with Gasteiger partial charge in [0.1, 0.15) is 34.6 Å². The zero-order valence-corrected chi connectivity index (χ0v) is 16.2. The predicted molar refractivity (Wildman–Crippen MR) is 109 cm³/mol. The van der Waals surface area contributed by atoms with Crippen molar-refractivity contribution in [2.75, 3.05) is 40.4 Å². The number of anilines is 3. The van der Waals surface area contributed by atoms with Crippen molar-refractivity contribution in [2.45, 2.75) is 19.4 Å². The minimum atomic E-state index is -1.06. The molecule has 2 N–H and O–H groups in total. The van der Waals surface area contributed by atoms with Crippen molar-refractivity contribution in [3.05, 3.63) is 36.9 Å². The third-order valence-electron chi connectivity index (χ3n) is 4.95. The molecule has 0 radical (unpaired) electrons. The van der Waals surface area contributed by atoms with Gasteiger partial charge in [0, 0.05) is 38.1 Å². The van der Waals surface area contributed by atoms with Crippen LogP contribution >= 0.6 is 0 Å². The van der Waals surface area contributed by atoms with Crippen LogP contribution in [0.2, 0.25) is 0 Å². The quantitative estimate of drug-likeness (QED) is 0.676. The van der Waals surface area contributed by atoms with E-state index in [0.29, 0.717) is 11.8 Å². The van der Waals surface area contributed by atoms with Crippen molar-refractivity contribution in [3.8, 4) is 0 Å². The average Bonchev–Trinajstić information content (AvgIpc) is 3.37. The van der Waals surface area contributed by atoms with Gasteiger partial charge in [-0.25, -0.2) is 19.2 Å². The van der Waals surface area contributed by atoms with Gasteiger partial charge < -0.3 is 19.5 Å². The molecule has 2 atom stereocenters. The molecular formula is C18H23N7OS. The van der Waals surface area contributed by atoms with Crippen LogP contribution in [-0.4, -0.2) is 56.1 Å². The second-order valence-corrected chi connectivity index (χ2v) is 8.05. The summed E-state index contributed by atoms with van der Waals surface area (Å²) in [5.74, 6) is 2.45. The maximum atomic E-state index is 11.6. The molecule has 8 nitrogen and oxygen atoms in total. The Morgan fingerprint density at radius 3 is 3.00 bits per heavy atom. The topological polar surface area (TPSA) is 90.0 Å². The SMILES string of the molecule is CCS(=O)Nc1ccc(N(C)C2CCN(c3ncnc4[nH]ccc34)C2)nc1. The number of H-pyrrole nitrogens is 1. The van der Waals surface area contributed by atoms with Gasteiger partial charge >= 0.3 is 0 Å².